The van der Waals surface area contributed by atoms with Crippen LogP contribution in [0.4, 0.5) is 4.39 Å². The van der Waals surface area contributed by atoms with Gasteiger partial charge in [-0.25, -0.2) is 12.8 Å². The Hall–Kier alpha value is -1.98. The van der Waals surface area contributed by atoms with E-state index in [0.29, 0.717) is 5.16 Å². The number of aryl methyl sites for hydroxylation is 1. The summed E-state index contributed by atoms with van der Waals surface area (Å²) >= 11 is 1.28. The summed E-state index contributed by atoms with van der Waals surface area (Å²) in [6.45, 7) is 0.811. The van der Waals surface area contributed by atoms with Gasteiger partial charge in [0.25, 0.3) is 0 Å². The number of amides is 1. The van der Waals surface area contributed by atoms with E-state index in [0.717, 1.165) is 6.07 Å². The van der Waals surface area contributed by atoms with Crippen LogP contribution in [-0.4, -0.2) is 70.2 Å². The predicted molar refractivity (Wildman–Crippen MR) is 93.5 cm³/mol. The first-order valence-corrected chi connectivity index (χ1v) is 10.3. The van der Waals surface area contributed by atoms with Crippen molar-refractivity contribution >= 4 is 27.7 Å². The standard InChI is InChI=1S/C15H18FN5O3S2/c1-19-11-17-18-15(19)25-10-14(22)20-6-8-21(9-7-20)26(23,24)13-5-3-2-4-12(13)16/h2-5,11H,6-10H2,1H3. The van der Waals surface area contributed by atoms with Crippen LogP contribution in [0.2, 0.25) is 0 Å². The van der Waals surface area contributed by atoms with Crippen LogP contribution in [0.3, 0.4) is 0 Å². The van der Waals surface area contributed by atoms with Crippen LogP contribution >= 0.6 is 11.8 Å². The first-order chi connectivity index (χ1) is 12.4. The summed E-state index contributed by atoms with van der Waals surface area (Å²) in [5, 5.41) is 8.29. The van der Waals surface area contributed by atoms with Gasteiger partial charge in [0.2, 0.25) is 15.9 Å². The molecule has 0 spiro atoms. The number of sulfonamides is 1. The number of piperazine rings is 1. The summed E-state index contributed by atoms with van der Waals surface area (Å²) in [5.41, 5.74) is 0. The first-order valence-electron chi connectivity index (χ1n) is 7.89. The van der Waals surface area contributed by atoms with Gasteiger partial charge < -0.3 is 9.47 Å². The molecule has 1 aliphatic heterocycles. The second-order valence-electron chi connectivity index (χ2n) is 5.73. The lowest BCUT2D eigenvalue weighted by Gasteiger charge is -2.34. The Morgan fingerprint density at radius 1 is 1.23 bits per heavy atom. The van der Waals surface area contributed by atoms with Gasteiger partial charge in [0.1, 0.15) is 17.0 Å². The zero-order valence-corrected chi connectivity index (χ0v) is 15.7. The third-order valence-electron chi connectivity index (χ3n) is 4.04. The van der Waals surface area contributed by atoms with E-state index in [9.17, 15) is 17.6 Å². The molecule has 1 fully saturated rings. The van der Waals surface area contributed by atoms with Crippen LogP contribution in [0.15, 0.2) is 40.6 Å². The summed E-state index contributed by atoms with van der Waals surface area (Å²) in [6, 6.07) is 5.30. The SMILES string of the molecule is Cn1cnnc1SCC(=O)N1CCN(S(=O)(=O)c2ccccc2F)CC1. The van der Waals surface area contributed by atoms with E-state index in [-0.39, 0.29) is 42.7 Å². The summed E-state index contributed by atoms with van der Waals surface area (Å²) in [6.07, 6.45) is 1.55. The van der Waals surface area contributed by atoms with E-state index in [1.54, 1.807) is 22.8 Å². The van der Waals surface area contributed by atoms with Gasteiger partial charge in [-0.3, -0.25) is 4.79 Å². The summed E-state index contributed by atoms with van der Waals surface area (Å²) < 4.78 is 41.9. The van der Waals surface area contributed by atoms with Crippen molar-refractivity contribution in [2.24, 2.45) is 7.05 Å². The molecule has 1 amide bonds. The Bertz CT molecular complexity index is 894. The molecule has 2 aromatic rings. The molecule has 2 heterocycles. The van der Waals surface area contributed by atoms with Crippen molar-refractivity contribution in [3.8, 4) is 0 Å². The van der Waals surface area contributed by atoms with Crippen molar-refractivity contribution in [2.45, 2.75) is 10.1 Å². The number of hydrogen-bond donors (Lipinski definition) is 0. The lowest BCUT2D eigenvalue weighted by atomic mass is 10.3. The van der Waals surface area contributed by atoms with Gasteiger partial charge in [0.15, 0.2) is 5.16 Å². The lowest BCUT2D eigenvalue weighted by Crippen LogP contribution is -2.51. The molecule has 0 atom stereocenters. The van der Waals surface area contributed by atoms with Crippen molar-refractivity contribution < 1.29 is 17.6 Å². The normalized spacial score (nSPS) is 16.0. The predicted octanol–water partition coefficient (Wildman–Crippen LogP) is 0.579. The molecule has 1 saturated heterocycles. The second kappa shape index (κ2) is 7.72. The van der Waals surface area contributed by atoms with Gasteiger partial charge in [0.05, 0.1) is 5.75 Å². The molecule has 140 valence electrons. The fourth-order valence-corrected chi connectivity index (χ4v) is 4.87. The molecule has 0 aliphatic carbocycles. The van der Waals surface area contributed by atoms with Gasteiger partial charge in [-0.1, -0.05) is 23.9 Å². The topological polar surface area (TPSA) is 88.4 Å². The van der Waals surface area contributed by atoms with Gasteiger partial charge in [-0.05, 0) is 12.1 Å². The van der Waals surface area contributed by atoms with Gasteiger partial charge in [-0.15, -0.1) is 10.2 Å². The number of carbonyl (C=O) groups is 1. The number of halogens is 1. The number of thioether (sulfide) groups is 1. The molecule has 1 aromatic heterocycles. The van der Waals surface area contributed by atoms with E-state index in [1.165, 1.54) is 34.3 Å². The maximum atomic E-state index is 13.8. The molecule has 11 heteroatoms. The maximum absolute atomic E-state index is 13.8. The quantitative estimate of drug-likeness (QED) is 0.684. The number of hydrogen-bond acceptors (Lipinski definition) is 6. The summed E-state index contributed by atoms with van der Waals surface area (Å²) in [7, 11) is -2.11. The molecular formula is C15H18FN5O3S2. The molecule has 0 N–H and O–H groups in total. The van der Waals surface area contributed by atoms with E-state index < -0.39 is 15.8 Å². The van der Waals surface area contributed by atoms with Crippen LogP contribution in [0.5, 0.6) is 0 Å². The van der Waals surface area contributed by atoms with Gasteiger partial charge >= 0.3 is 0 Å². The Kier molecular flexibility index (Phi) is 5.58. The fourth-order valence-electron chi connectivity index (χ4n) is 2.59. The monoisotopic (exact) mass is 399 g/mol. The molecule has 8 nitrogen and oxygen atoms in total. The zero-order valence-electron chi connectivity index (χ0n) is 14.1. The van der Waals surface area contributed by atoms with Crippen molar-refractivity contribution in [1.82, 2.24) is 24.0 Å². The largest absolute Gasteiger partial charge is 0.339 e. The van der Waals surface area contributed by atoms with Crippen molar-refractivity contribution in [2.75, 3.05) is 31.9 Å². The highest BCUT2D eigenvalue weighted by atomic mass is 32.2. The van der Waals surface area contributed by atoms with Crippen LogP contribution in [0, 0.1) is 5.82 Å². The van der Waals surface area contributed by atoms with Gasteiger partial charge in [0, 0.05) is 33.2 Å². The molecule has 0 unspecified atom stereocenters. The first kappa shape index (κ1) is 18.8. The second-order valence-corrected chi connectivity index (χ2v) is 8.58. The van der Waals surface area contributed by atoms with Crippen LogP contribution < -0.4 is 0 Å². The number of rotatable bonds is 5. The van der Waals surface area contributed by atoms with E-state index in [2.05, 4.69) is 10.2 Å². The smallest absolute Gasteiger partial charge is 0.246 e. The third-order valence-corrected chi connectivity index (χ3v) is 6.99. The number of aromatic nitrogens is 3. The van der Waals surface area contributed by atoms with E-state index in [1.807, 2.05) is 0 Å². The summed E-state index contributed by atoms with van der Waals surface area (Å²) in [5.74, 6) is -0.668. The molecule has 26 heavy (non-hydrogen) atoms. The molecular weight excluding hydrogens is 381 g/mol. The van der Waals surface area contributed by atoms with Crippen molar-refractivity contribution in [3.63, 3.8) is 0 Å². The molecule has 0 saturated carbocycles. The Morgan fingerprint density at radius 3 is 2.54 bits per heavy atom. The maximum Gasteiger partial charge on any atom is 0.246 e. The van der Waals surface area contributed by atoms with Crippen LogP contribution in [0.1, 0.15) is 0 Å². The third kappa shape index (κ3) is 3.89. The molecule has 1 aromatic carbocycles. The minimum Gasteiger partial charge on any atom is -0.339 e. The van der Waals surface area contributed by atoms with Crippen molar-refractivity contribution in [3.05, 3.63) is 36.4 Å². The van der Waals surface area contributed by atoms with Crippen LogP contribution in [-0.2, 0) is 21.9 Å². The fraction of sp³-hybridized carbons (Fsp3) is 0.400. The summed E-state index contributed by atoms with van der Waals surface area (Å²) in [4.78, 5) is 13.6. The molecule has 1 aliphatic rings. The number of nitrogens with zero attached hydrogens (tertiary/aromatic N) is 5. The van der Waals surface area contributed by atoms with E-state index in [4.69, 9.17) is 0 Å². The molecule has 3 rings (SSSR count). The molecule has 0 bridgehead atoms. The highest BCUT2D eigenvalue weighted by Gasteiger charge is 2.31. The Labute approximate surface area is 155 Å². The van der Waals surface area contributed by atoms with Gasteiger partial charge in [-0.2, -0.15) is 4.31 Å². The highest BCUT2D eigenvalue weighted by molar-refractivity contribution is 7.99. The minimum absolute atomic E-state index is 0.0964. The molecule has 0 radical (unpaired) electrons. The van der Waals surface area contributed by atoms with Crippen molar-refractivity contribution in [1.29, 1.82) is 0 Å². The van der Waals surface area contributed by atoms with E-state index >= 15 is 0 Å². The Morgan fingerprint density at radius 2 is 1.92 bits per heavy atom. The lowest BCUT2D eigenvalue weighted by molar-refractivity contribution is -0.129. The Balaban J connectivity index is 1.58. The number of benzene rings is 1. The highest BCUT2D eigenvalue weighted by Crippen LogP contribution is 2.21. The zero-order chi connectivity index (χ0) is 18.7. The number of carbonyl (C=O) groups excluding carboxylic acids is 1. The average molecular weight is 399 g/mol. The van der Waals surface area contributed by atoms with Crippen LogP contribution in [0.25, 0.3) is 0 Å². The minimum atomic E-state index is -3.90. The average Bonchev–Trinajstić information content (AvgIpc) is 3.05.